The number of carbonyl (C=O) groups is 1. The maximum atomic E-state index is 12.7. The number of ether oxygens (including phenoxy) is 1. The predicted molar refractivity (Wildman–Crippen MR) is 53.6 cm³/mol. The third-order valence-corrected chi connectivity index (χ3v) is 2.96. The zero-order valence-electron chi connectivity index (χ0n) is 9.54. The van der Waals surface area contributed by atoms with Crippen molar-refractivity contribution < 1.29 is 27.8 Å². The number of hydrogen-bond donors (Lipinski definition) is 1. The van der Waals surface area contributed by atoms with E-state index in [2.05, 4.69) is 0 Å². The number of halogens is 3. The molecule has 4 nitrogen and oxygen atoms in total. The van der Waals surface area contributed by atoms with Crippen LogP contribution in [-0.2, 0) is 9.53 Å². The number of alkyl halides is 3. The highest BCUT2D eigenvalue weighted by Crippen LogP contribution is 2.37. The van der Waals surface area contributed by atoms with Crippen LogP contribution < -0.4 is 0 Å². The lowest BCUT2D eigenvalue weighted by atomic mass is 9.96. The second kappa shape index (κ2) is 5.68. The Bertz CT molecular complexity index is 270. The molecular weight excluding hydrogens is 239 g/mol. The fourth-order valence-electron chi connectivity index (χ4n) is 2.15. The molecule has 1 saturated heterocycles. The molecule has 0 spiro atoms. The first kappa shape index (κ1) is 14.2. The van der Waals surface area contributed by atoms with Crippen LogP contribution in [0.2, 0.25) is 0 Å². The van der Waals surface area contributed by atoms with Crippen LogP contribution >= 0.6 is 0 Å². The Morgan fingerprint density at radius 3 is 2.59 bits per heavy atom. The fraction of sp³-hybridized carbons (Fsp3) is 0.900. The largest absolute Gasteiger partial charge is 0.481 e. The third kappa shape index (κ3) is 4.16. The first-order valence-electron chi connectivity index (χ1n) is 5.34. The highest BCUT2D eigenvalue weighted by atomic mass is 19.4. The molecule has 1 N–H and O–H groups in total. The molecule has 0 radical (unpaired) electrons. The number of methoxy groups -OCH3 is 1. The van der Waals surface area contributed by atoms with E-state index in [-0.39, 0.29) is 32.7 Å². The Morgan fingerprint density at radius 1 is 1.47 bits per heavy atom. The molecule has 2 unspecified atom stereocenters. The van der Waals surface area contributed by atoms with E-state index in [0.29, 0.717) is 0 Å². The van der Waals surface area contributed by atoms with Crippen molar-refractivity contribution in [1.29, 1.82) is 0 Å². The summed E-state index contributed by atoms with van der Waals surface area (Å²) in [6.45, 7) is 0.311. The van der Waals surface area contributed by atoms with Gasteiger partial charge < -0.3 is 14.7 Å². The number of rotatable bonds is 5. The first-order valence-corrected chi connectivity index (χ1v) is 5.34. The third-order valence-electron chi connectivity index (χ3n) is 2.96. The smallest absolute Gasteiger partial charge is 0.393 e. The van der Waals surface area contributed by atoms with Crippen LogP contribution in [0.3, 0.4) is 0 Å². The van der Waals surface area contributed by atoms with Gasteiger partial charge in [-0.1, -0.05) is 0 Å². The SMILES string of the molecule is COCC1CN(CCC(=O)O)CC1C(F)(F)F. The zero-order valence-corrected chi connectivity index (χ0v) is 9.54. The van der Waals surface area contributed by atoms with Crippen LogP contribution in [0, 0.1) is 11.8 Å². The molecule has 0 bridgehead atoms. The van der Waals surface area contributed by atoms with Gasteiger partial charge in [-0.2, -0.15) is 13.2 Å². The van der Waals surface area contributed by atoms with Gasteiger partial charge in [0, 0.05) is 32.7 Å². The summed E-state index contributed by atoms with van der Waals surface area (Å²) in [5.41, 5.74) is 0. The van der Waals surface area contributed by atoms with Gasteiger partial charge in [-0.25, -0.2) is 0 Å². The molecule has 0 amide bonds. The summed E-state index contributed by atoms with van der Waals surface area (Å²) in [4.78, 5) is 11.9. The Balaban J connectivity index is 2.56. The molecule has 1 rings (SSSR count). The van der Waals surface area contributed by atoms with Gasteiger partial charge >= 0.3 is 12.1 Å². The summed E-state index contributed by atoms with van der Waals surface area (Å²) >= 11 is 0. The van der Waals surface area contributed by atoms with Crippen LogP contribution in [-0.4, -0.2) is 55.5 Å². The van der Waals surface area contributed by atoms with E-state index in [0.717, 1.165) is 0 Å². The van der Waals surface area contributed by atoms with Crippen molar-refractivity contribution in [3.05, 3.63) is 0 Å². The topological polar surface area (TPSA) is 49.8 Å². The van der Waals surface area contributed by atoms with Gasteiger partial charge in [-0.3, -0.25) is 4.79 Å². The Kier molecular flexibility index (Phi) is 4.76. The number of carboxylic acid groups (broad SMARTS) is 1. The molecule has 1 heterocycles. The monoisotopic (exact) mass is 255 g/mol. The van der Waals surface area contributed by atoms with Crippen molar-refractivity contribution in [1.82, 2.24) is 4.90 Å². The van der Waals surface area contributed by atoms with Crippen molar-refractivity contribution >= 4 is 5.97 Å². The number of nitrogens with zero attached hydrogens (tertiary/aromatic N) is 1. The Labute approximate surface area is 97.3 Å². The van der Waals surface area contributed by atoms with Crippen molar-refractivity contribution in [2.24, 2.45) is 11.8 Å². The average Bonchev–Trinajstić information content (AvgIpc) is 2.58. The summed E-state index contributed by atoms with van der Waals surface area (Å²) in [6.07, 6.45) is -4.38. The minimum atomic E-state index is -4.25. The van der Waals surface area contributed by atoms with Crippen molar-refractivity contribution in [2.75, 3.05) is 33.4 Å². The van der Waals surface area contributed by atoms with E-state index in [1.165, 1.54) is 12.0 Å². The first-order chi connectivity index (χ1) is 7.84. The lowest BCUT2D eigenvalue weighted by molar-refractivity contribution is -0.183. The summed E-state index contributed by atoms with van der Waals surface area (Å²) in [7, 11) is 1.37. The average molecular weight is 255 g/mol. The van der Waals surface area contributed by atoms with E-state index >= 15 is 0 Å². The molecule has 1 fully saturated rings. The maximum absolute atomic E-state index is 12.7. The second-order valence-electron chi connectivity index (χ2n) is 4.27. The van der Waals surface area contributed by atoms with Crippen LogP contribution in [0.25, 0.3) is 0 Å². The van der Waals surface area contributed by atoms with Crippen molar-refractivity contribution in [3.8, 4) is 0 Å². The quantitative estimate of drug-likeness (QED) is 0.802. The molecule has 7 heteroatoms. The van der Waals surface area contributed by atoms with E-state index in [1.54, 1.807) is 0 Å². The predicted octanol–water partition coefficient (Wildman–Crippen LogP) is 1.22. The highest BCUT2D eigenvalue weighted by Gasteiger charge is 2.49. The minimum absolute atomic E-state index is 0.0494. The van der Waals surface area contributed by atoms with Crippen molar-refractivity contribution in [3.63, 3.8) is 0 Å². The van der Waals surface area contributed by atoms with E-state index in [1.807, 2.05) is 0 Å². The zero-order chi connectivity index (χ0) is 13.1. The second-order valence-corrected chi connectivity index (χ2v) is 4.27. The Morgan fingerprint density at radius 2 is 2.12 bits per heavy atom. The van der Waals surface area contributed by atoms with Crippen LogP contribution in [0.15, 0.2) is 0 Å². The lowest BCUT2D eigenvalue weighted by Gasteiger charge is -2.20. The van der Waals surface area contributed by atoms with Gasteiger partial charge in [-0.15, -0.1) is 0 Å². The fourth-order valence-corrected chi connectivity index (χ4v) is 2.15. The van der Waals surface area contributed by atoms with Gasteiger partial charge in [0.25, 0.3) is 0 Å². The van der Waals surface area contributed by atoms with E-state index in [9.17, 15) is 18.0 Å². The lowest BCUT2D eigenvalue weighted by Crippen LogP contribution is -2.32. The summed E-state index contributed by atoms with van der Waals surface area (Å²) in [6, 6.07) is 0. The van der Waals surface area contributed by atoms with E-state index < -0.39 is 24.0 Å². The number of hydrogen-bond acceptors (Lipinski definition) is 3. The van der Waals surface area contributed by atoms with Gasteiger partial charge in [0.1, 0.15) is 0 Å². The molecule has 0 aromatic carbocycles. The van der Waals surface area contributed by atoms with Gasteiger partial charge in [-0.05, 0) is 0 Å². The summed E-state index contributed by atoms with van der Waals surface area (Å²) in [5.74, 6) is -3.02. The molecule has 100 valence electrons. The van der Waals surface area contributed by atoms with Crippen LogP contribution in [0.5, 0.6) is 0 Å². The molecule has 0 aromatic heterocycles. The molecule has 1 aliphatic heterocycles. The number of likely N-dealkylation sites (tertiary alicyclic amines) is 1. The molecule has 0 aliphatic carbocycles. The highest BCUT2D eigenvalue weighted by molar-refractivity contribution is 5.66. The summed E-state index contributed by atoms with van der Waals surface area (Å²) < 4.78 is 42.9. The van der Waals surface area contributed by atoms with Gasteiger partial charge in [0.2, 0.25) is 0 Å². The normalized spacial score (nSPS) is 26.4. The molecule has 0 aromatic rings. The Hall–Kier alpha value is -0.820. The summed E-state index contributed by atoms with van der Waals surface area (Å²) in [5, 5.41) is 8.50. The molecule has 1 aliphatic rings. The van der Waals surface area contributed by atoms with E-state index in [4.69, 9.17) is 9.84 Å². The molecular formula is C10H16F3NO3. The van der Waals surface area contributed by atoms with Crippen LogP contribution in [0.1, 0.15) is 6.42 Å². The standard InChI is InChI=1S/C10H16F3NO3/c1-17-6-7-4-14(3-2-9(15)16)5-8(7)10(11,12)13/h7-8H,2-6H2,1H3,(H,15,16). The van der Waals surface area contributed by atoms with Gasteiger partial charge in [0.05, 0.1) is 18.9 Å². The minimum Gasteiger partial charge on any atom is -0.481 e. The maximum Gasteiger partial charge on any atom is 0.393 e. The van der Waals surface area contributed by atoms with Crippen molar-refractivity contribution in [2.45, 2.75) is 12.6 Å². The molecule has 17 heavy (non-hydrogen) atoms. The number of aliphatic carboxylic acids is 1. The molecule has 2 atom stereocenters. The number of carboxylic acids is 1. The molecule has 0 saturated carbocycles. The van der Waals surface area contributed by atoms with Crippen LogP contribution in [0.4, 0.5) is 13.2 Å². The van der Waals surface area contributed by atoms with Gasteiger partial charge in [0.15, 0.2) is 0 Å².